The molecule has 0 heterocycles. The molecule has 0 bridgehead atoms. The molecule has 0 radical (unpaired) electrons. The lowest BCUT2D eigenvalue weighted by molar-refractivity contribution is -0.164. The highest BCUT2D eigenvalue weighted by atomic mass is 16.6. The smallest absolute Gasteiger partial charge is 0.330 e. The maximum Gasteiger partial charge on any atom is 0.330 e. The Balaban J connectivity index is 4.62. The number of hydrogen-bond donors (Lipinski definition) is 0. The Hall–Kier alpha value is -2.11. The van der Waals surface area contributed by atoms with Gasteiger partial charge in [-0.2, -0.15) is 0 Å². The fourth-order valence-corrected chi connectivity index (χ4v) is 2.79. The number of carbonyl (C=O) groups excluding carboxylic acids is 3. The average Bonchev–Trinajstić information content (AvgIpc) is 2.52. The molecule has 6 nitrogen and oxygen atoms in total. The zero-order chi connectivity index (χ0) is 20.4. The molecular formula is C20H32O6. The highest BCUT2D eigenvalue weighted by Gasteiger charge is 2.27. The predicted octanol–water partition coefficient (Wildman–Crippen LogP) is 3.60. The van der Waals surface area contributed by atoms with Crippen LogP contribution in [0.1, 0.15) is 53.9 Å². The number of rotatable bonds is 11. The second-order valence-corrected chi connectivity index (χ2v) is 8.18. The number of hydrogen-bond acceptors (Lipinski definition) is 6. The van der Waals surface area contributed by atoms with Gasteiger partial charge in [-0.1, -0.05) is 47.8 Å². The van der Waals surface area contributed by atoms with Crippen LogP contribution in [0.4, 0.5) is 0 Å². The molecule has 6 heteroatoms. The van der Waals surface area contributed by atoms with Gasteiger partial charge in [0.05, 0.1) is 0 Å². The van der Waals surface area contributed by atoms with Crippen LogP contribution in [0.25, 0.3) is 0 Å². The summed E-state index contributed by atoms with van der Waals surface area (Å²) in [5.74, 6) is -1.72. The van der Waals surface area contributed by atoms with E-state index in [4.69, 9.17) is 14.2 Å². The van der Waals surface area contributed by atoms with E-state index in [0.29, 0.717) is 6.42 Å². The Bertz CT molecular complexity index is 489. The van der Waals surface area contributed by atoms with Gasteiger partial charge >= 0.3 is 17.9 Å². The summed E-state index contributed by atoms with van der Waals surface area (Å²) in [6.45, 7) is 16.8. The lowest BCUT2D eigenvalue weighted by Gasteiger charge is -2.32. The van der Waals surface area contributed by atoms with E-state index in [0.717, 1.165) is 18.6 Å². The monoisotopic (exact) mass is 368 g/mol. The van der Waals surface area contributed by atoms with E-state index in [1.54, 1.807) is 0 Å². The van der Waals surface area contributed by atoms with Crippen LogP contribution in [0, 0.1) is 10.8 Å². The van der Waals surface area contributed by atoms with Gasteiger partial charge in [-0.05, 0) is 23.7 Å². The molecule has 0 saturated carbocycles. The van der Waals surface area contributed by atoms with Crippen molar-refractivity contribution in [2.45, 2.75) is 60.0 Å². The molecule has 0 fully saturated rings. The Kier molecular flexibility index (Phi) is 9.91. The fraction of sp³-hybridized carbons (Fsp3) is 0.650. The highest BCUT2D eigenvalue weighted by molar-refractivity contribution is 5.81. The van der Waals surface area contributed by atoms with Crippen molar-refractivity contribution in [3.8, 4) is 0 Å². The largest absolute Gasteiger partial charge is 0.458 e. The van der Waals surface area contributed by atoms with Crippen LogP contribution in [-0.4, -0.2) is 37.2 Å². The second-order valence-electron chi connectivity index (χ2n) is 8.18. The van der Waals surface area contributed by atoms with Gasteiger partial charge in [-0.15, -0.1) is 0 Å². The molecular weight excluding hydrogens is 336 g/mol. The van der Waals surface area contributed by atoms with E-state index in [1.165, 1.54) is 0 Å². The third kappa shape index (κ3) is 12.3. The molecule has 0 N–H and O–H groups in total. The van der Waals surface area contributed by atoms with Gasteiger partial charge < -0.3 is 14.2 Å². The van der Waals surface area contributed by atoms with Gasteiger partial charge in [-0.3, -0.25) is 4.79 Å². The highest BCUT2D eigenvalue weighted by Crippen LogP contribution is 2.36. The maximum atomic E-state index is 12.2. The van der Waals surface area contributed by atoms with Gasteiger partial charge in [-0.25, -0.2) is 9.59 Å². The van der Waals surface area contributed by atoms with Crippen molar-refractivity contribution >= 4 is 17.9 Å². The molecule has 0 rings (SSSR count). The average molecular weight is 368 g/mol. The van der Waals surface area contributed by atoms with E-state index < -0.39 is 24.0 Å². The van der Waals surface area contributed by atoms with Crippen molar-refractivity contribution in [1.29, 1.82) is 0 Å². The maximum absolute atomic E-state index is 12.2. The van der Waals surface area contributed by atoms with E-state index in [2.05, 4.69) is 47.8 Å². The van der Waals surface area contributed by atoms with Crippen LogP contribution in [0.2, 0.25) is 0 Å². The van der Waals surface area contributed by atoms with Crippen LogP contribution in [0.3, 0.4) is 0 Å². The third-order valence-corrected chi connectivity index (χ3v) is 3.47. The van der Waals surface area contributed by atoms with Gasteiger partial charge in [0.1, 0.15) is 13.2 Å². The Morgan fingerprint density at radius 1 is 0.923 bits per heavy atom. The predicted molar refractivity (Wildman–Crippen MR) is 99.3 cm³/mol. The first-order valence-corrected chi connectivity index (χ1v) is 8.66. The first-order valence-electron chi connectivity index (χ1n) is 8.66. The fourth-order valence-electron chi connectivity index (χ4n) is 2.79. The summed E-state index contributed by atoms with van der Waals surface area (Å²) in [6, 6.07) is 0. The Morgan fingerprint density at radius 2 is 1.38 bits per heavy atom. The quantitative estimate of drug-likeness (QED) is 0.315. The van der Waals surface area contributed by atoms with Crippen molar-refractivity contribution < 1.29 is 28.6 Å². The SMILES string of the molecule is C=CC(=O)OCC(COC(=O)C=C)OC(=O)CCC(C)(C)CC(C)(C)C. The number of esters is 3. The molecule has 0 saturated heterocycles. The minimum absolute atomic E-state index is 0.0165. The standard InChI is InChI=1S/C20H32O6/c1-8-16(21)24-12-15(13-25-17(22)9-2)26-18(23)10-11-20(6,7)14-19(3,4)5/h8-9,15H,1-2,10-14H2,3-7H3. The zero-order valence-corrected chi connectivity index (χ0v) is 16.6. The van der Waals surface area contributed by atoms with Crippen LogP contribution >= 0.6 is 0 Å². The lowest BCUT2D eigenvalue weighted by atomic mass is 9.74. The Morgan fingerprint density at radius 3 is 1.77 bits per heavy atom. The minimum atomic E-state index is -0.874. The van der Waals surface area contributed by atoms with Crippen molar-refractivity contribution in [2.75, 3.05) is 13.2 Å². The van der Waals surface area contributed by atoms with E-state index in [-0.39, 0.29) is 30.5 Å². The van der Waals surface area contributed by atoms with E-state index >= 15 is 0 Å². The summed E-state index contributed by atoms with van der Waals surface area (Å²) < 4.78 is 15.1. The lowest BCUT2D eigenvalue weighted by Crippen LogP contribution is -2.31. The molecule has 0 atom stereocenters. The zero-order valence-electron chi connectivity index (χ0n) is 16.6. The molecule has 0 aromatic carbocycles. The summed E-state index contributed by atoms with van der Waals surface area (Å²) in [5.41, 5.74) is 0.144. The third-order valence-electron chi connectivity index (χ3n) is 3.47. The minimum Gasteiger partial charge on any atom is -0.458 e. The molecule has 0 aromatic rings. The van der Waals surface area contributed by atoms with Crippen LogP contribution in [0.5, 0.6) is 0 Å². The summed E-state index contributed by atoms with van der Waals surface area (Å²) in [5, 5.41) is 0. The summed E-state index contributed by atoms with van der Waals surface area (Å²) >= 11 is 0. The molecule has 0 aliphatic rings. The van der Waals surface area contributed by atoms with Gasteiger partial charge in [0.2, 0.25) is 0 Å². The van der Waals surface area contributed by atoms with Crippen molar-refractivity contribution in [2.24, 2.45) is 10.8 Å². The molecule has 148 valence electrons. The molecule has 26 heavy (non-hydrogen) atoms. The summed E-state index contributed by atoms with van der Waals surface area (Å²) in [4.78, 5) is 34.5. The first-order chi connectivity index (χ1) is 11.9. The normalized spacial score (nSPS) is 11.6. The summed E-state index contributed by atoms with van der Waals surface area (Å²) in [6.07, 6.45) is 2.98. The van der Waals surface area contributed by atoms with Gasteiger partial charge in [0.25, 0.3) is 0 Å². The van der Waals surface area contributed by atoms with Crippen LogP contribution < -0.4 is 0 Å². The summed E-state index contributed by atoms with van der Waals surface area (Å²) in [7, 11) is 0. The Labute approximate surface area is 156 Å². The van der Waals surface area contributed by atoms with Crippen molar-refractivity contribution in [1.82, 2.24) is 0 Å². The van der Waals surface area contributed by atoms with Gasteiger partial charge in [0, 0.05) is 18.6 Å². The molecule has 0 amide bonds. The number of carbonyl (C=O) groups is 3. The second kappa shape index (κ2) is 10.8. The van der Waals surface area contributed by atoms with Crippen molar-refractivity contribution in [3.05, 3.63) is 25.3 Å². The van der Waals surface area contributed by atoms with Gasteiger partial charge in [0.15, 0.2) is 6.10 Å². The van der Waals surface area contributed by atoms with Crippen molar-refractivity contribution in [3.63, 3.8) is 0 Å². The molecule has 0 aliphatic heterocycles. The topological polar surface area (TPSA) is 78.9 Å². The molecule has 0 unspecified atom stereocenters. The van der Waals surface area contributed by atoms with E-state index in [1.807, 2.05) is 0 Å². The molecule has 0 aliphatic carbocycles. The van der Waals surface area contributed by atoms with Crippen LogP contribution in [0.15, 0.2) is 25.3 Å². The number of ether oxygens (including phenoxy) is 3. The van der Waals surface area contributed by atoms with Crippen LogP contribution in [-0.2, 0) is 28.6 Å². The molecule has 0 aromatic heterocycles. The van der Waals surface area contributed by atoms with E-state index in [9.17, 15) is 14.4 Å². The molecule has 0 spiro atoms. The first kappa shape index (κ1) is 23.9.